The zero-order valence-electron chi connectivity index (χ0n) is 11.9. The fraction of sp³-hybridized carbons (Fsp3) is 0.412. The molecule has 0 bridgehead atoms. The minimum absolute atomic E-state index is 0.587. The molecule has 1 heterocycles. The molecular weight excluding hydrogens is 250 g/mol. The first-order valence-electron chi connectivity index (χ1n) is 7.09. The summed E-state index contributed by atoms with van der Waals surface area (Å²) in [7, 11) is 0. The Morgan fingerprint density at radius 2 is 2.11 bits per heavy atom. The molecule has 0 aliphatic carbocycles. The van der Waals surface area contributed by atoms with Gasteiger partial charge in [-0.1, -0.05) is 42.8 Å². The summed E-state index contributed by atoms with van der Waals surface area (Å²) in [4.78, 5) is 1.48. The van der Waals surface area contributed by atoms with E-state index in [1.54, 1.807) is 0 Å². The van der Waals surface area contributed by atoms with Gasteiger partial charge in [-0.3, -0.25) is 0 Å². The molecule has 1 aromatic heterocycles. The molecule has 0 spiro atoms. The second-order valence-corrected chi connectivity index (χ2v) is 6.10. The standard InChI is InChI=1S/C17H23NS/c1-3-18-16(13-17-8-5-11-19-17)10-9-15-7-4-6-14(2)12-15/h4-8,11-12,16,18H,3,9-10,13H2,1-2H3. The lowest BCUT2D eigenvalue weighted by Gasteiger charge is -2.17. The smallest absolute Gasteiger partial charge is 0.0118 e. The molecule has 1 nitrogen and oxygen atoms in total. The minimum Gasteiger partial charge on any atom is -0.314 e. The van der Waals surface area contributed by atoms with Crippen LogP contribution in [0, 0.1) is 6.92 Å². The van der Waals surface area contributed by atoms with Crippen molar-refractivity contribution in [1.29, 1.82) is 0 Å². The lowest BCUT2D eigenvalue weighted by Crippen LogP contribution is -2.31. The summed E-state index contributed by atoms with van der Waals surface area (Å²) in [6.07, 6.45) is 3.51. The fourth-order valence-electron chi connectivity index (χ4n) is 2.45. The van der Waals surface area contributed by atoms with E-state index < -0.39 is 0 Å². The summed E-state index contributed by atoms with van der Waals surface area (Å²) in [5, 5.41) is 5.78. The third-order valence-electron chi connectivity index (χ3n) is 3.38. The Bertz CT molecular complexity index is 476. The molecule has 0 aliphatic rings. The van der Waals surface area contributed by atoms with Gasteiger partial charge < -0.3 is 5.32 Å². The van der Waals surface area contributed by atoms with Crippen molar-refractivity contribution in [2.75, 3.05) is 6.54 Å². The number of nitrogens with one attached hydrogen (secondary N) is 1. The van der Waals surface area contributed by atoms with Crippen LogP contribution >= 0.6 is 11.3 Å². The van der Waals surface area contributed by atoms with Crippen molar-refractivity contribution in [1.82, 2.24) is 5.32 Å². The van der Waals surface area contributed by atoms with Crippen LogP contribution in [0.5, 0.6) is 0 Å². The number of rotatable bonds is 7. The SMILES string of the molecule is CCNC(CCc1cccc(C)c1)Cc1cccs1. The quantitative estimate of drug-likeness (QED) is 0.797. The van der Waals surface area contributed by atoms with Crippen LogP contribution in [0.4, 0.5) is 0 Å². The molecule has 1 N–H and O–H groups in total. The van der Waals surface area contributed by atoms with Gasteiger partial charge in [-0.2, -0.15) is 0 Å². The van der Waals surface area contributed by atoms with E-state index in [1.165, 1.54) is 22.4 Å². The van der Waals surface area contributed by atoms with Gasteiger partial charge in [0.2, 0.25) is 0 Å². The maximum absolute atomic E-state index is 3.61. The largest absolute Gasteiger partial charge is 0.314 e. The van der Waals surface area contributed by atoms with Gasteiger partial charge in [0, 0.05) is 10.9 Å². The van der Waals surface area contributed by atoms with Crippen LogP contribution in [-0.2, 0) is 12.8 Å². The lowest BCUT2D eigenvalue weighted by atomic mass is 10.0. The van der Waals surface area contributed by atoms with E-state index in [9.17, 15) is 0 Å². The lowest BCUT2D eigenvalue weighted by molar-refractivity contribution is 0.494. The molecule has 19 heavy (non-hydrogen) atoms. The molecule has 0 saturated carbocycles. The fourth-order valence-corrected chi connectivity index (χ4v) is 3.23. The van der Waals surface area contributed by atoms with E-state index in [4.69, 9.17) is 0 Å². The van der Waals surface area contributed by atoms with Crippen molar-refractivity contribution in [3.63, 3.8) is 0 Å². The molecule has 2 aromatic rings. The van der Waals surface area contributed by atoms with Crippen LogP contribution in [0.25, 0.3) is 0 Å². The van der Waals surface area contributed by atoms with Crippen LogP contribution in [0.1, 0.15) is 29.3 Å². The maximum Gasteiger partial charge on any atom is 0.0118 e. The number of hydrogen-bond acceptors (Lipinski definition) is 2. The molecule has 0 saturated heterocycles. The first kappa shape index (κ1) is 14.3. The summed E-state index contributed by atoms with van der Waals surface area (Å²) in [5.41, 5.74) is 2.81. The van der Waals surface area contributed by atoms with Crippen LogP contribution in [0.3, 0.4) is 0 Å². The van der Waals surface area contributed by atoms with E-state index in [-0.39, 0.29) is 0 Å². The number of benzene rings is 1. The number of thiophene rings is 1. The molecule has 102 valence electrons. The Hall–Kier alpha value is -1.12. The zero-order valence-corrected chi connectivity index (χ0v) is 12.7. The highest BCUT2D eigenvalue weighted by molar-refractivity contribution is 7.09. The second-order valence-electron chi connectivity index (χ2n) is 5.07. The summed E-state index contributed by atoms with van der Waals surface area (Å²) < 4.78 is 0. The van der Waals surface area contributed by atoms with Crippen LogP contribution in [-0.4, -0.2) is 12.6 Å². The highest BCUT2D eigenvalue weighted by Crippen LogP contribution is 2.15. The van der Waals surface area contributed by atoms with Crippen molar-refractivity contribution in [2.45, 2.75) is 39.2 Å². The summed E-state index contributed by atoms with van der Waals surface area (Å²) in [6, 6.07) is 13.8. The van der Waals surface area contributed by atoms with Crippen LogP contribution in [0.15, 0.2) is 41.8 Å². The molecule has 0 radical (unpaired) electrons. The number of aryl methyl sites for hydroxylation is 2. The number of hydrogen-bond donors (Lipinski definition) is 1. The van der Waals surface area contributed by atoms with Gasteiger partial charge in [0.1, 0.15) is 0 Å². The molecule has 0 amide bonds. The van der Waals surface area contributed by atoms with Gasteiger partial charge in [0.05, 0.1) is 0 Å². The Labute approximate surface area is 120 Å². The minimum atomic E-state index is 0.587. The molecule has 2 rings (SSSR count). The summed E-state index contributed by atoms with van der Waals surface area (Å²) in [5.74, 6) is 0. The monoisotopic (exact) mass is 273 g/mol. The molecule has 2 heteroatoms. The van der Waals surface area contributed by atoms with Gasteiger partial charge in [0.25, 0.3) is 0 Å². The maximum atomic E-state index is 3.61. The molecule has 1 atom stereocenters. The first-order valence-corrected chi connectivity index (χ1v) is 7.97. The van der Waals surface area contributed by atoms with Crippen molar-refractivity contribution in [3.05, 3.63) is 57.8 Å². The Balaban J connectivity index is 1.89. The van der Waals surface area contributed by atoms with E-state index in [1.807, 2.05) is 11.3 Å². The van der Waals surface area contributed by atoms with Gasteiger partial charge in [-0.15, -0.1) is 11.3 Å². The third-order valence-corrected chi connectivity index (χ3v) is 4.28. The Morgan fingerprint density at radius 1 is 1.21 bits per heavy atom. The van der Waals surface area contributed by atoms with Gasteiger partial charge in [-0.05, 0) is 49.7 Å². The molecule has 1 aromatic carbocycles. The highest BCUT2D eigenvalue weighted by Gasteiger charge is 2.09. The second kappa shape index (κ2) is 7.46. The number of likely N-dealkylation sites (N-methyl/N-ethyl adjacent to an activating group) is 1. The molecule has 0 fully saturated rings. The topological polar surface area (TPSA) is 12.0 Å². The Morgan fingerprint density at radius 3 is 2.79 bits per heavy atom. The van der Waals surface area contributed by atoms with Crippen molar-refractivity contribution in [3.8, 4) is 0 Å². The normalized spacial score (nSPS) is 12.5. The summed E-state index contributed by atoms with van der Waals surface area (Å²) in [6.45, 7) is 5.40. The van der Waals surface area contributed by atoms with Gasteiger partial charge in [0.15, 0.2) is 0 Å². The van der Waals surface area contributed by atoms with E-state index in [0.29, 0.717) is 6.04 Å². The zero-order chi connectivity index (χ0) is 13.5. The molecule has 1 unspecified atom stereocenters. The van der Waals surface area contributed by atoms with E-state index in [0.717, 1.165) is 19.4 Å². The van der Waals surface area contributed by atoms with E-state index >= 15 is 0 Å². The predicted octanol–water partition coefficient (Wildman–Crippen LogP) is 4.21. The van der Waals surface area contributed by atoms with Crippen molar-refractivity contribution >= 4 is 11.3 Å². The van der Waals surface area contributed by atoms with Crippen LogP contribution < -0.4 is 5.32 Å². The van der Waals surface area contributed by atoms with Crippen molar-refractivity contribution < 1.29 is 0 Å². The van der Waals surface area contributed by atoms with E-state index in [2.05, 4.69) is 60.9 Å². The van der Waals surface area contributed by atoms with Gasteiger partial charge in [-0.25, -0.2) is 0 Å². The average molecular weight is 273 g/mol. The molecule has 0 aliphatic heterocycles. The third kappa shape index (κ3) is 4.81. The Kier molecular flexibility index (Phi) is 5.62. The summed E-state index contributed by atoms with van der Waals surface area (Å²) >= 11 is 1.86. The van der Waals surface area contributed by atoms with Crippen molar-refractivity contribution in [2.24, 2.45) is 0 Å². The van der Waals surface area contributed by atoms with Gasteiger partial charge >= 0.3 is 0 Å². The first-order chi connectivity index (χ1) is 9.28. The molecular formula is C17H23NS. The average Bonchev–Trinajstić information content (AvgIpc) is 2.89. The predicted molar refractivity (Wildman–Crippen MR) is 85.0 cm³/mol. The van der Waals surface area contributed by atoms with Crippen LogP contribution in [0.2, 0.25) is 0 Å². The highest BCUT2D eigenvalue weighted by atomic mass is 32.1.